The van der Waals surface area contributed by atoms with Crippen molar-refractivity contribution in [3.63, 3.8) is 0 Å². The van der Waals surface area contributed by atoms with Crippen molar-refractivity contribution in [2.75, 3.05) is 7.11 Å². The van der Waals surface area contributed by atoms with E-state index in [0.717, 1.165) is 33.4 Å². The van der Waals surface area contributed by atoms with Crippen molar-refractivity contribution in [1.82, 2.24) is 15.0 Å². The van der Waals surface area contributed by atoms with Gasteiger partial charge in [-0.3, -0.25) is 4.98 Å². The molecule has 0 fully saturated rings. The van der Waals surface area contributed by atoms with Crippen LogP contribution in [-0.2, 0) is 5.75 Å². The Labute approximate surface area is 125 Å². The summed E-state index contributed by atoms with van der Waals surface area (Å²) in [5.74, 6) is 1.53. The molecule has 0 spiro atoms. The fourth-order valence-corrected chi connectivity index (χ4v) is 2.80. The van der Waals surface area contributed by atoms with Gasteiger partial charge in [0.15, 0.2) is 5.16 Å². The number of hydrogen-bond donors (Lipinski definition) is 1. The number of halogens is 1. The summed E-state index contributed by atoms with van der Waals surface area (Å²) in [6, 6.07) is 9.40. The highest BCUT2D eigenvalue weighted by Gasteiger charge is 2.05. The van der Waals surface area contributed by atoms with Crippen LogP contribution in [0.4, 0.5) is 0 Å². The van der Waals surface area contributed by atoms with Crippen LogP contribution >= 0.6 is 23.4 Å². The molecule has 0 saturated carbocycles. The quantitative estimate of drug-likeness (QED) is 0.742. The van der Waals surface area contributed by atoms with Gasteiger partial charge in [0.1, 0.15) is 5.75 Å². The average molecular weight is 306 g/mol. The average Bonchev–Trinajstić information content (AvgIpc) is 2.87. The lowest BCUT2D eigenvalue weighted by Crippen LogP contribution is -1.86. The molecule has 0 aliphatic rings. The second-order valence-corrected chi connectivity index (χ2v) is 5.58. The minimum absolute atomic E-state index is 0.699. The molecule has 3 aromatic rings. The molecule has 0 bridgehead atoms. The molecular weight excluding hydrogens is 294 g/mol. The molecule has 0 unspecified atom stereocenters. The molecular formula is C14H12ClN3OS. The van der Waals surface area contributed by atoms with Crippen molar-refractivity contribution in [3.8, 4) is 5.75 Å². The first-order chi connectivity index (χ1) is 9.74. The first kappa shape index (κ1) is 13.3. The lowest BCUT2D eigenvalue weighted by molar-refractivity contribution is 0.415. The molecule has 0 aliphatic heterocycles. The van der Waals surface area contributed by atoms with Crippen LogP contribution in [-0.4, -0.2) is 22.1 Å². The molecule has 1 aromatic carbocycles. The topological polar surface area (TPSA) is 50.8 Å². The van der Waals surface area contributed by atoms with E-state index in [1.54, 1.807) is 31.1 Å². The minimum atomic E-state index is 0.699. The number of imidazole rings is 1. The number of aromatic amines is 1. The van der Waals surface area contributed by atoms with Crippen LogP contribution < -0.4 is 4.74 Å². The largest absolute Gasteiger partial charge is 0.497 e. The van der Waals surface area contributed by atoms with Gasteiger partial charge in [0, 0.05) is 23.0 Å². The summed E-state index contributed by atoms with van der Waals surface area (Å²) in [5, 5.41) is 1.56. The van der Waals surface area contributed by atoms with Crippen LogP contribution in [0, 0.1) is 0 Å². The number of nitrogens with zero attached hydrogens (tertiary/aromatic N) is 2. The van der Waals surface area contributed by atoms with Gasteiger partial charge in [-0.2, -0.15) is 0 Å². The first-order valence-electron chi connectivity index (χ1n) is 6.01. The molecule has 1 N–H and O–H groups in total. The number of methoxy groups -OCH3 is 1. The number of thioether (sulfide) groups is 1. The summed E-state index contributed by atoms with van der Waals surface area (Å²) in [5.41, 5.74) is 2.82. The van der Waals surface area contributed by atoms with Crippen molar-refractivity contribution < 1.29 is 4.74 Å². The smallest absolute Gasteiger partial charge is 0.166 e. The highest BCUT2D eigenvalue weighted by Crippen LogP contribution is 2.25. The Morgan fingerprint density at radius 2 is 2.20 bits per heavy atom. The first-order valence-corrected chi connectivity index (χ1v) is 7.38. The molecule has 0 radical (unpaired) electrons. The number of H-pyrrole nitrogens is 1. The Morgan fingerprint density at radius 3 is 3.00 bits per heavy atom. The molecule has 2 aromatic heterocycles. The van der Waals surface area contributed by atoms with Crippen LogP contribution in [0.2, 0.25) is 5.02 Å². The Balaban J connectivity index is 1.77. The molecule has 3 rings (SSSR count). The predicted molar refractivity (Wildman–Crippen MR) is 81.5 cm³/mol. The van der Waals surface area contributed by atoms with Crippen LogP contribution in [0.15, 0.2) is 41.7 Å². The summed E-state index contributed by atoms with van der Waals surface area (Å²) < 4.78 is 5.19. The van der Waals surface area contributed by atoms with Crippen molar-refractivity contribution in [2.24, 2.45) is 0 Å². The summed E-state index contributed by atoms with van der Waals surface area (Å²) >= 11 is 7.53. The normalized spacial score (nSPS) is 10.9. The van der Waals surface area contributed by atoms with Crippen LogP contribution in [0.25, 0.3) is 11.0 Å². The monoisotopic (exact) mass is 305 g/mol. The van der Waals surface area contributed by atoms with E-state index in [9.17, 15) is 0 Å². The van der Waals surface area contributed by atoms with E-state index in [1.807, 2.05) is 24.3 Å². The van der Waals surface area contributed by atoms with Crippen molar-refractivity contribution >= 4 is 34.4 Å². The summed E-state index contributed by atoms with van der Waals surface area (Å²) in [7, 11) is 1.65. The highest BCUT2D eigenvalue weighted by molar-refractivity contribution is 7.98. The fraction of sp³-hybridized carbons (Fsp3) is 0.143. The maximum absolute atomic E-state index is 5.94. The van der Waals surface area contributed by atoms with E-state index < -0.39 is 0 Å². The molecule has 0 saturated heterocycles. The molecule has 0 atom stereocenters. The van der Waals surface area contributed by atoms with Gasteiger partial charge >= 0.3 is 0 Å². The highest BCUT2D eigenvalue weighted by atomic mass is 35.5. The van der Waals surface area contributed by atoms with E-state index in [-0.39, 0.29) is 0 Å². The SMILES string of the molecule is COc1ccc2nc(SCc3cc(Cl)ccn3)[nH]c2c1. The van der Waals surface area contributed by atoms with E-state index in [2.05, 4.69) is 15.0 Å². The van der Waals surface area contributed by atoms with Crippen molar-refractivity contribution in [1.29, 1.82) is 0 Å². The molecule has 20 heavy (non-hydrogen) atoms. The molecule has 102 valence electrons. The second-order valence-electron chi connectivity index (χ2n) is 4.18. The Hall–Kier alpha value is -1.72. The third-order valence-electron chi connectivity index (χ3n) is 2.80. The minimum Gasteiger partial charge on any atom is -0.497 e. The maximum Gasteiger partial charge on any atom is 0.166 e. The fourth-order valence-electron chi connectivity index (χ4n) is 1.83. The standard InChI is InChI=1S/C14H12ClN3OS/c1-19-11-2-3-12-13(7-11)18-14(17-12)20-8-10-6-9(15)4-5-16-10/h2-7H,8H2,1H3,(H,17,18). The second kappa shape index (κ2) is 5.73. The van der Waals surface area contributed by atoms with Crippen molar-refractivity contribution in [2.45, 2.75) is 10.9 Å². The van der Waals surface area contributed by atoms with Crippen LogP contribution in [0.1, 0.15) is 5.69 Å². The number of ether oxygens (including phenoxy) is 1. The number of aromatic nitrogens is 3. The number of hydrogen-bond acceptors (Lipinski definition) is 4. The van der Waals surface area contributed by atoms with Gasteiger partial charge in [0.2, 0.25) is 0 Å². The van der Waals surface area contributed by atoms with Gasteiger partial charge < -0.3 is 9.72 Å². The lowest BCUT2D eigenvalue weighted by Gasteiger charge is -1.98. The van der Waals surface area contributed by atoms with Gasteiger partial charge in [0.25, 0.3) is 0 Å². The molecule has 2 heterocycles. The van der Waals surface area contributed by atoms with Gasteiger partial charge in [-0.15, -0.1) is 0 Å². The molecule has 0 aliphatic carbocycles. The third-order valence-corrected chi connectivity index (χ3v) is 3.94. The predicted octanol–water partition coefficient (Wildman–Crippen LogP) is 3.91. The summed E-state index contributed by atoms with van der Waals surface area (Å²) in [4.78, 5) is 12.1. The van der Waals surface area contributed by atoms with E-state index in [4.69, 9.17) is 16.3 Å². The molecule has 0 amide bonds. The van der Waals surface area contributed by atoms with Gasteiger partial charge in [-0.25, -0.2) is 4.98 Å². The van der Waals surface area contributed by atoms with Gasteiger partial charge in [0.05, 0.1) is 23.8 Å². The number of pyridine rings is 1. The van der Waals surface area contributed by atoms with E-state index >= 15 is 0 Å². The number of fused-ring (bicyclic) bond motifs is 1. The molecule has 6 heteroatoms. The number of benzene rings is 1. The Kier molecular flexibility index (Phi) is 3.80. The van der Waals surface area contributed by atoms with Crippen molar-refractivity contribution in [3.05, 3.63) is 47.2 Å². The molecule has 4 nitrogen and oxygen atoms in total. The van der Waals surface area contributed by atoms with Gasteiger partial charge in [-0.1, -0.05) is 23.4 Å². The summed E-state index contributed by atoms with van der Waals surface area (Å²) in [6.07, 6.45) is 1.71. The summed E-state index contributed by atoms with van der Waals surface area (Å²) in [6.45, 7) is 0. The lowest BCUT2D eigenvalue weighted by atomic mass is 10.3. The van der Waals surface area contributed by atoms with E-state index in [1.165, 1.54) is 0 Å². The zero-order valence-corrected chi connectivity index (χ0v) is 12.3. The van der Waals surface area contributed by atoms with E-state index in [0.29, 0.717) is 5.02 Å². The van der Waals surface area contributed by atoms with Crippen LogP contribution in [0.3, 0.4) is 0 Å². The zero-order valence-electron chi connectivity index (χ0n) is 10.8. The maximum atomic E-state index is 5.94. The zero-order chi connectivity index (χ0) is 13.9. The number of nitrogens with one attached hydrogen (secondary N) is 1. The third kappa shape index (κ3) is 2.89. The Bertz CT molecular complexity index is 744. The number of rotatable bonds is 4. The van der Waals surface area contributed by atoms with Crippen LogP contribution in [0.5, 0.6) is 5.75 Å². The Morgan fingerprint density at radius 1 is 1.30 bits per heavy atom. The van der Waals surface area contributed by atoms with Gasteiger partial charge in [-0.05, 0) is 24.3 Å².